The predicted molar refractivity (Wildman–Crippen MR) is 107 cm³/mol. The van der Waals surface area contributed by atoms with Gasteiger partial charge in [0.15, 0.2) is 0 Å². The van der Waals surface area contributed by atoms with E-state index >= 15 is 0 Å². The molecule has 0 aromatic heterocycles. The van der Waals surface area contributed by atoms with E-state index in [-0.39, 0.29) is 6.10 Å². The smallest absolute Gasteiger partial charge is 0.121 e. The molecule has 3 heteroatoms. The van der Waals surface area contributed by atoms with Crippen molar-refractivity contribution in [2.24, 2.45) is 0 Å². The van der Waals surface area contributed by atoms with Crippen LogP contribution in [0.2, 0.25) is 0 Å². The van der Waals surface area contributed by atoms with Crippen molar-refractivity contribution in [3.05, 3.63) is 90.0 Å². The Morgan fingerprint density at radius 3 is 2.38 bits per heavy atom. The summed E-state index contributed by atoms with van der Waals surface area (Å²) in [5.74, 6) is 1.75. The van der Waals surface area contributed by atoms with Crippen LogP contribution in [0.4, 0.5) is 5.69 Å². The van der Waals surface area contributed by atoms with Crippen LogP contribution in [0.3, 0.4) is 0 Å². The van der Waals surface area contributed by atoms with Gasteiger partial charge in [-0.1, -0.05) is 54.1 Å². The molecular weight excluding hydrogens is 322 g/mol. The molecule has 0 amide bonds. The predicted octanol–water partition coefficient (Wildman–Crippen LogP) is 5.45. The summed E-state index contributed by atoms with van der Waals surface area (Å²) in [5.41, 5.74) is 3.41. The lowest BCUT2D eigenvalue weighted by Gasteiger charge is -2.17. The third kappa shape index (κ3) is 5.55. The average Bonchev–Trinajstić information content (AvgIpc) is 2.68. The third-order valence-electron chi connectivity index (χ3n) is 4.03. The van der Waals surface area contributed by atoms with Gasteiger partial charge in [-0.2, -0.15) is 0 Å². The molecule has 0 saturated heterocycles. The van der Waals surface area contributed by atoms with Crippen LogP contribution in [0.25, 0.3) is 0 Å². The number of nitrogens with one attached hydrogen (secondary N) is 1. The maximum absolute atomic E-state index is 5.93. The van der Waals surface area contributed by atoms with E-state index in [9.17, 15) is 0 Å². The van der Waals surface area contributed by atoms with Crippen LogP contribution in [0.15, 0.2) is 78.9 Å². The first-order chi connectivity index (χ1) is 12.7. The molecule has 3 nitrogen and oxygen atoms in total. The largest absolute Gasteiger partial charge is 0.489 e. The number of hydrogen-bond donors (Lipinski definition) is 1. The molecule has 26 heavy (non-hydrogen) atoms. The Labute approximate surface area is 155 Å². The summed E-state index contributed by atoms with van der Waals surface area (Å²) in [4.78, 5) is 0. The molecule has 0 saturated carbocycles. The molecule has 1 atom stereocenters. The van der Waals surface area contributed by atoms with E-state index in [2.05, 4.69) is 43.4 Å². The van der Waals surface area contributed by atoms with Crippen LogP contribution in [-0.4, -0.2) is 12.6 Å². The molecule has 0 spiro atoms. The van der Waals surface area contributed by atoms with Gasteiger partial charge in [0.1, 0.15) is 24.2 Å². The van der Waals surface area contributed by atoms with E-state index in [0.717, 1.165) is 29.3 Å². The molecule has 0 fully saturated rings. The molecule has 0 aliphatic carbocycles. The maximum Gasteiger partial charge on any atom is 0.121 e. The zero-order valence-electron chi connectivity index (χ0n) is 15.3. The second-order valence-corrected chi connectivity index (χ2v) is 6.42. The molecule has 0 radical (unpaired) electrons. The topological polar surface area (TPSA) is 30.5 Å². The van der Waals surface area contributed by atoms with Crippen molar-refractivity contribution in [3.8, 4) is 11.5 Å². The summed E-state index contributed by atoms with van der Waals surface area (Å²) in [7, 11) is 0. The fraction of sp³-hybridized carbons (Fsp3) is 0.217. The second-order valence-electron chi connectivity index (χ2n) is 6.42. The van der Waals surface area contributed by atoms with E-state index in [1.54, 1.807) is 0 Å². The lowest BCUT2D eigenvalue weighted by molar-refractivity contribution is 0.234. The fourth-order valence-electron chi connectivity index (χ4n) is 2.59. The monoisotopic (exact) mass is 347 g/mol. The Kier molecular flexibility index (Phi) is 6.15. The Morgan fingerprint density at radius 2 is 1.62 bits per heavy atom. The van der Waals surface area contributed by atoms with Crippen molar-refractivity contribution in [2.45, 2.75) is 26.6 Å². The Hall–Kier alpha value is -2.94. The van der Waals surface area contributed by atoms with Gasteiger partial charge in [-0.25, -0.2) is 0 Å². The van der Waals surface area contributed by atoms with Gasteiger partial charge in [0, 0.05) is 11.8 Å². The highest BCUT2D eigenvalue weighted by Crippen LogP contribution is 2.19. The van der Waals surface area contributed by atoms with E-state index < -0.39 is 0 Å². The summed E-state index contributed by atoms with van der Waals surface area (Å²) < 4.78 is 11.8. The normalized spacial score (nSPS) is 11.6. The lowest BCUT2D eigenvalue weighted by atomic mass is 10.2. The van der Waals surface area contributed by atoms with Gasteiger partial charge in [0.2, 0.25) is 0 Å². The average molecular weight is 347 g/mol. The van der Waals surface area contributed by atoms with Crippen LogP contribution < -0.4 is 14.8 Å². The molecule has 0 aliphatic rings. The van der Waals surface area contributed by atoms with Gasteiger partial charge in [0.25, 0.3) is 0 Å². The Morgan fingerprint density at radius 1 is 0.846 bits per heavy atom. The van der Waals surface area contributed by atoms with Gasteiger partial charge in [-0.15, -0.1) is 0 Å². The first-order valence-electron chi connectivity index (χ1n) is 8.93. The minimum Gasteiger partial charge on any atom is -0.489 e. The molecule has 0 aliphatic heterocycles. The van der Waals surface area contributed by atoms with Gasteiger partial charge in [0.05, 0.1) is 6.54 Å². The van der Waals surface area contributed by atoms with Gasteiger partial charge in [-0.05, 0) is 43.7 Å². The van der Waals surface area contributed by atoms with Crippen molar-refractivity contribution < 1.29 is 9.47 Å². The highest BCUT2D eigenvalue weighted by molar-refractivity contribution is 5.48. The molecule has 3 rings (SSSR count). The van der Waals surface area contributed by atoms with Crippen LogP contribution in [0, 0.1) is 6.92 Å². The molecule has 0 bridgehead atoms. The number of aryl methyl sites for hydroxylation is 1. The summed E-state index contributed by atoms with van der Waals surface area (Å²) in [5, 5.41) is 3.41. The summed E-state index contributed by atoms with van der Waals surface area (Å²) >= 11 is 0. The number of ether oxygens (including phenoxy) is 2. The van der Waals surface area contributed by atoms with Crippen molar-refractivity contribution in [3.63, 3.8) is 0 Å². The standard InChI is InChI=1S/C23H25NO2/c1-18-11-13-22(14-12-18)26-19(2)16-24-21-9-6-10-23(15-21)25-17-20-7-4-3-5-8-20/h3-15,19,24H,16-17H2,1-2H3. The highest BCUT2D eigenvalue weighted by atomic mass is 16.5. The highest BCUT2D eigenvalue weighted by Gasteiger charge is 2.05. The second kappa shape index (κ2) is 8.95. The summed E-state index contributed by atoms with van der Waals surface area (Å²) in [6.45, 7) is 5.41. The van der Waals surface area contributed by atoms with E-state index in [1.165, 1.54) is 5.56 Å². The molecule has 1 N–H and O–H groups in total. The van der Waals surface area contributed by atoms with Crippen molar-refractivity contribution >= 4 is 5.69 Å². The van der Waals surface area contributed by atoms with Crippen molar-refractivity contribution in [2.75, 3.05) is 11.9 Å². The molecule has 3 aromatic rings. The molecule has 0 heterocycles. The van der Waals surface area contributed by atoms with Crippen LogP contribution >= 0.6 is 0 Å². The minimum atomic E-state index is 0.0617. The number of rotatable bonds is 8. The quantitative estimate of drug-likeness (QED) is 0.587. The van der Waals surface area contributed by atoms with Crippen molar-refractivity contribution in [1.29, 1.82) is 0 Å². The summed E-state index contributed by atoms with van der Waals surface area (Å²) in [6, 6.07) is 26.3. The first-order valence-corrected chi connectivity index (χ1v) is 8.93. The van der Waals surface area contributed by atoms with Gasteiger partial charge < -0.3 is 14.8 Å². The Balaban J connectivity index is 1.49. The first kappa shape index (κ1) is 17.9. The number of anilines is 1. The zero-order chi connectivity index (χ0) is 18.2. The number of benzene rings is 3. The molecule has 3 aromatic carbocycles. The fourth-order valence-corrected chi connectivity index (χ4v) is 2.59. The third-order valence-corrected chi connectivity index (χ3v) is 4.03. The minimum absolute atomic E-state index is 0.0617. The van der Waals surface area contributed by atoms with E-state index in [0.29, 0.717) is 6.61 Å². The van der Waals surface area contributed by atoms with Gasteiger partial charge >= 0.3 is 0 Å². The number of hydrogen-bond acceptors (Lipinski definition) is 3. The van der Waals surface area contributed by atoms with Crippen LogP contribution in [0.5, 0.6) is 11.5 Å². The van der Waals surface area contributed by atoms with E-state index in [1.807, 2.05) is 54.6 Å². The van der Waals surface area contributed by atoms with Crippen LogP contribution in [0.1, 0.15) is 18.1 Å². The molecular formula is C23H25NO2. The molecule has 1 unspecified atom stereocenters. The zero-order valence-corrected chi connectivity index (χ0v) is 15.3. The Bertz CT molecular complexity index is 800. The lowest BCUT2D eigenvalue weighted by Crippen LogP contribution is -2.22. The maximum atomic E-state index is 5.93. The van der Waals surface area contributed by atoms with Crippen LogP contribution in [-0.2, 0) is 6.61 Å². The SMILES string of the molecule is Cc1ccc(OC(C)CNc2cccc(OCc3ccccc3)c2)cc1. The van der Waals surface area contributed by atoms with Gasteiger partial charge in [-0.3, -0.25) is 0 Å². The van der Waals surface area contributed by atoms with Crippen molar-refractivity contribution in [1.82, 2.24) is 0 Å². The van der Waals surface area contributed by atoms with E-state index in [4.69, 9.17) is 9.47 Å². The summed E-state index contributed by atoms with van der Waals surface area (Å²) in [6.07, 6.45) is 0.0617. The molecule has 134 valence electrons.